The van der Waals surface area contributed by atoms with Crippen LogP contribution in [0.1, 0.15) is 57.2 Å². The molecule has 1 aliphatic carbocycles. The van der Waals surface area contributed by atoms with Crippen LogP contribution in [0.2, 0.25) is 0 Å². The molecule has 0 spiro atoms. The van der Waals surface area contributed by atoms with Gasteiger partial charge in [-0.3, -0.25) is 10.1 Å². The van der Waals surface area contributed by atoms with E-state index in [0.717, 1.165) is 6.92 Å². The summed E-state index contributed by atoms with van der Waals surface area (Å²) in [4.78, 5) is 12.7. The Morgan fingerprint density at radius 2 is 1.46 bits per heavy atom. The number of nitrogens with two attached hydrogens (primary N) is 1. The molecule has 1 amide bonds. The molecule has 0 unspecified atom stereocenters. The van der Waals surface area contributed by atoms with Crippen LogP contribution in [0.25, 0.3) is 11.1 Å². The number of halogens is 6. The minimum atomic E-state index is -4.80. The lowest BCUT2D eigenvalue weighted by molar-refractivity contribution is -0.161. The van der Waals surface area contributed by atoms with Crippen LogP contribution in [-0.2, 0) is 10.4 Å². The lowest BCUT2D eigenvalue weighted by Gasteiger charge is -2.30. The van der Waals surface area contributed by atoms with E-state index in [2.05, 4.69) is 10.6 Å². The van der Waals surface area contributed by atoms with Gasteiger partial charge in [-0.2, -0.15) is 13.2 Å². The summed E-state index contributed by atoms with van der Waals surface area (Å²) in [6.45, 7) is 3.34. The zero-order valence-electron chi connectivity index (χ0n) is 20.7. The molecular formula is C26H31F6N3O2. The van der Waals surface area contributed by atoms with Crippen LogP contribution in [0.5, 0.6) is 0 Å². The second-order valence-electron chi connectivity index (χ2n) is 10.4. The molecule has 0 radical (unpaired) electrons. The molecule has 0 bridgehead atoms. The third kappa shape index (κ3) is 7.45. The summed E-state index contributed by atoms with van der Waals surface area (Å²) >= 11 is 0. The van der Waals surface area contributed by atoms with E-state index < -0.39 is 53.9 Å². The van der Waals surface area contributed by atoms with Gasteiger partial charge in [-0.1, -0.05) is 48.5 Å². The first kappa shape index (κ1) is 28.9. The van der Waals surface area contributed by atoms with Gasteiger partial charge in [0.1, 0.15) is 17.3 Å². The van der Waals surface area contributed by atoms with Crippen molar-refractivity contribution < 1.29 is 36.2 Å². The third-order valence-electron chi connectivity index (χ3n) is 6.33. The van der Waals surface area contributed by atoms with Crippen molar-refractivity contribution in [3.8, 4) is 11.1 Å². The molecule has 3 rings (SSSR count). The Morgan fingerprint density at radius 3 is 1.86 bits per heavy atom. The Bertz CT molecular complexity index is 1080. The highest BCUT2D eigenvalue weighted by atomic mass is 19.4. The molecule has 1 fully saturated rings. The summed E-state index contributed by atoms with van der Waals surface area (Å²) in [5.41, 5.74) is 1.46. The molecule has 204 valence electrons. The smallest absolute Gasteiger partial charge is 0.379 e. The minimum Gasteiger partial charge on any atom is -0.379 e. The number of carbonyl (C=O) groups excluding carboxylic acids is 1. The zero-order chi connectivity index (χ0) is 27.8. The Kier molecular flexibility index (Phi) is 8.03. The van der Waals surface area contributed by atoms with Crippen LogP contribution >= 0.6 is 0 Å². The summed E-state index contributed by atoms with van der Waals surface area (Å²) < 4.78 is 82.7. The number of alkyl halides is 6. The highest BCUT2D eigenvalue weighted by molar-refractivity contribution is 5.83. The van der Waals surface area contributed by atoms with E-state index in [1.807, 2.05) is 0 Å². The van der Waals surface area contributed by atoms with Gasteiger partial charge in [-0.05, 0) is 55.9 Å². The summed E-state index contributed by atoms with van der Waals surface area (Å²) in [5.74, 6) is -0.809. The lowest BCUT2D eigenvalue weighted by Crippen LogP contribution is -2.55. The molecule has 37 heavy (non-hydrogen) atoms. The number of benzene rings is 2. The predicted molar refractivity (Wildman–Crippen MR) is 127 cm³/mol. The molecule has 0 heterocycles. The topological polar surface area (TPSA) is 87.4 Å². The molecule has 1 aliphatic rings. The van der Waals surface area contributed by atoms with Crippen molar-refractivity contribution in [1.82, 2.24) is 10.6 Å². The average Bonchev–Trinajstić information content (AvgIpc) is 3.51. The molecule has 5 nitrogen and oxygen atoms in total. The van der Waals surface area contributed by atoms with E-state index in [4.69, 9.17) is 5.73 Å². The van der Waals surface area contributed by atoms with Crippen molar-refractivity contribution in [2.24, 2.45) is 5.73 Å². The fraction of sp³-hybridized carbons (Fsp3) is 0.500. The summed E-state index contributed by atoms with van der Waals surface area (Å²) in [7, 11) is 0. The summed E-state index contributed by atoms with van der Waals surface area (Å²) in [5, 5.41) is 14.7. The van der Waals surface area contributed by atoms with Gasteiger partial charge >= 0.3 is 6.18 Å². The van der Waals surface area contributed by atoms with Crippen molar-refractivity contribution in [1.29, 1.82) is 0 Å². The van der Waals surface area contributed by atoms with Crippen molar-refractivity contribution in [2.75, 3.05) is 0 Å². The lowest BCUT2D eigenvalue weighted by atomic mass is 9.93. The van der Waals surface area contributed by atoms with E-state index in [1.165, 1.54) is 62.4 Å². The first-order chi connectivity index (χ1) is 16.9. The maximum absolute atomic E-state index is 14.4. The molecule has 0 aromatic heterocycles. The predicted octanol–water partition coefficient (Wildman–Crippen LogP) is 5.09. The van der Waals surface area contributed by atoms with Gasteiger partial charge in [0.15, 0.2) is 0 Å². The second-order valence-corrected chi connectivity index (χ2v) is 10.4. The average molecular weight is 532 g/mol. The highest BCUT2D eigenvalue weighted by Gasteiger charge is 2.46. The Morgan fingerprint density at radius 1 is 0.973 bits per heavy atom. The van der Waals surface area contributed by atoms with Gasteiger partial charge in [0.05, 0.1) is 11.7 Å². The van der Waals surface area contributed by atoms with E-state index in [-0.39, 0.29) is 11.1 Å². The number of nitrogens with one attached hydrogen (secondary N) is 2. The Hall–Kier alpha value is -2.63. The largest absolute Gasteiger partial charge is 0.407 e. The van der Waals surface area contributed by atoms with E-state index in [9.17, 15) is 36.2 Å². The van der Waals surface area contributed by atoms with Gasteiger partial charge in [-0.15, -0.1) is 0 Å². The Balaban J connectivity index is 1.84. The standard InChI is InChI=1S/C26H31F6N3O2/c1-23(2,29)14-19(21(36)35-25(33)12-13-25)34-20(26(30,31)32)17-6-4-15(5-7-17)16-8-10-18(11-9-16)24(3,37)22(27)28/h4-11,19-20,22,34,37H,12-14,33H2,1-3H3,(H,35,36)/t19-,20-,24-/m0/s1. The number of carbonyl (C=O) groups is 1. The summed E-state index contributed by atoms with van der Waals surface area (Å²) in [6.07, 6.45) is -7.35. The van der Waals surface area contributed by atoms with Crippen molar-refractivity contribution >= 4 is 5.91 Å². The van der Waals surface area contributed by atoms with Gasteiger partial charge in [0, 0.05) is 6.42 Å². The summed E-state index contributed by atoms with van der Waals surface area (Å²) in [6, 6.07) is 7.12. The van der Waals surface area contributed by atoms with Crippen LogP contribution in [0.15, 0.2) is 48.5 Å². The third-order valence-corrected chi connectivity index (χ3v) is 6.33. The SMILES string of the molecule is CC(C)(F)C[C@H](N[C@@H](c1ccc(-c2ccc([C@](C)(O)C(F)F)cc2)cc1)C(F)(F)F)C(=O)NC1(N)CC1. The van der Waals surface area contributed by atoms with E-state index in [1.54, 1.807) is 0 Å². The molecule has 2 aromatic carbocycles. The molecule has 3 atom stereocenters. The first-order valence-corrected chi connectivity index (χ1v) is 11.8. The maximum Gasteiger partial charge on any atom is 0.407 e. The van der Waals surface area contributed by atoms with Crippen LogP contribution < -0.4 is 16.4 Å². The van der Waals surface area contributed by atoms with Gasteiger partial charge in [0.2, 0.25) is 5.91 Å². The van der Waals surface area contributed by atoms with Crippen LogP contribution in [0, 0.1) is 0 Å². The zero-order valence-corrected chi connectivity index (χ0v) is 20.7. The van der Waals surface area contributed by atoms with Gasteiger partial charge in [-0.25, -0.2) is 13.2 Å². The van der Waals surface area contributed by atoms with Crippen LogP contribution in [0.4, 0.5) is 26.3 Å². The van der Waals surface area contributed by atoms with Crippen LogP contribution in [-0.4, -0.2) is 41.0 Å². The normalized spacial score (nSPS) is 18.7. The molecule has 0 aliphatic heterocycles. The number of hydrogen-bond donors (Lipinski definition) is 4. The van der Waals surface area contributed by atoms with Crippen LogP contribution in [0.3, 0.4) is 0 Å². The number of aliphatic hydroxyl groups is 1. The monoisotopic (exact) mass is 531 g/mol. The molecule has 11 heteroatoms. The maximum atomic E-state index is 14.4. The second kappa shape index (κ2) is 10.3. The Labute approximate surface area is 211 Å². The number of rotatable bonds is 10. The fourth-order valence-electron chi connectivity index (χ4n) is 3.88. The van der Waals surface area contributed by atoms with Gasteiger partial charge < -0.3 is 16.2 Å². The molecular weight excluding hydrogens is 500 g/mol. The van der Waals surface area contributed by atoms with Crippen molar-refractivity contribution in [3.63, 3.8) is 0 Å². The van der Waals surface area contributed by atoms with Gasteiger partial charge in [0.25, 0.3) is 6.43 Å². The van der Waals surface area contributed by atoms with E-state index in [0.29, 0.717) is 24.0 Å². The highest BCUT2D eigenvalue weighted by Crippen LogP contribution is 2.36. The molecule has 0 saturated heterocycles. The quantitative estimate of drug-likeness (QED) is 0.254. The van der Waals surface area contributed by atoms with E-state index >= 15 is 0 Å². The van der Waals surface area contributed by atoms with Crippen molar-refractivity contribution in [3.05, 3.63) is 59.7 Å². The minimum absolute atomic E-state index is 0.00484. The first-order valence-electron chi connectivity index (χ1n) is 11.8. The number of amides is 1. The molecule has 2 aromatic rings. The molecule has 1 saturated carbocycles. The number of hydrogen-bond acceptors (Lipinski definition) is 4. The van der Waals surface area contributed by atoms with Crippen molar-refractivity contribution in [2.45, 2.75) is 81.7 Å². The molecule has 5 N–H and O–H groups in total. The fourth-order valence-corrected chi connectivity index (χ4v) is 3.88.